The quantitative estimate of drug-likeness (QED) is 0.683. The van der Waals surface area contributed by atoms with Crippen molar-refractivity contribution in [2.24, 2.45) is 0 Å². The number of nitrogens with zero attached hydrogens (tertiary/aromatic N) is 1. The number of aryl methyl sites for hydroxylation is 1. The third kappa shape index (κ3) is 1.46. The molecular formula is C10H12BrNO. The fourth-order valence-electron chi connectivity index (χ4n) is 1.85. The molecule has 0 saturated heterocycles. The molecule has 1 aromatic heterocycles. The zero-order chi connectivity index (χ0) is 9.42. The number of rotatable bonds is 0. The van der Waals surface area contributed by atoms with Gasteiger partial charge in [-0.3, -0.25) is 4.79 Å². The van der Waals surface area contributed by atoms with Crippen molar-refractivity contribution in [2.75, 3.05) is 0 Å². The monoisotopic (exact) mass is 241 g/mol. The van der Waals surface area contributed by atoms with Gasteiger partial charge in [-0.2, -0.15) is 0 Å². The number of hydrogen-bond donors (Lipinski definition) is 0. The lowest BCUT2D eigenvalue weighted by Crippen LogP contribution is -2.28. The molecular weight excluding hydrogens is 230 g/mol. The smallest absolute Gasteiger partial charge is 0.253 e. The first kappa shape index (κ1) is 9.00. The molecule has 0 saturated carbocycles. The van der Waals surface area contributed by atoms with E-state index in [-0.39, 0.29) is 5.56 Å². The largest absolute Gasteiger partial charge is 0.311 e. The predicted molar refractivity (Wildman–Crippen MR) is 56.1 cm³/mol. The van der Waals surface area contributed by atoms with E-state index in [0.717, 1.165) is 29.4 Å². The topological polar surface area (TPSA) is 22.0 Å². The maximum absolute atomic E-state index is 11.7. The summed E-state index contributed by atoms with van der Waals surface area (Å²) in [6.45, 7) is 2.75. The van der Waals surface area contributed by atoms with Crippen molar-refractivity contribution >= 4 is 15.9 Å². The summed E-state index contributed by atoms with van der Waals surface area (Å²) in [5, 5.41) is 0. The van der Waals surface area contributed by atoms with Crippen LogP contribution in [0.1, 0.15) is 24.1 Å². The Morgan fingerprint density at radius 1 is 1.46 bits per heavy atom. The van der Waals surface area contributed by atoms with Crippen molar-refractivity contribution in [2.45, 2.75) is 32.7 Å². The van der Waals surface area contributed by atoms with Crippen LogP contribution in [-0.4, -0.2) is 4.57 Å². The standard InChI is InChI=1S/C10H12BrNO/c1-7-6-8(11)9-4-2-3-5-12(9)10(7)13/h6H,2-5H2,1H3. The van der Waals surface area contributed by atoms with E-state index >= 15 is 0 Å². The highest BCUT2D eigenvalue weighted by molar-refractivity contribution is 9.10. The van der Waals surface area contributed by atoms with E-state index in [1.807, 2.05) is 17.6 Å². The minimum Gasteiger partial charge on any atom is -0.311 e. The van der Waals surface area contributed by atoms with E-state index < -0.39 is 0 Å². The Balaban J connectivity index is 2.70. The molecule has 0 spiro atoms. The van der Waals surface area contributed by atoms with Gasteiger partial charge >= 0.3 is 0 Å². The molecule has 0 aromatic carbocycles. The molecule has 0 unspecified atom stereocenters. The van der Waals surface area contributed by atoms with Gasteiger partial charge in [0.1, 0.15) is 0 Å². The molecule has 3 heteroatoms. The highest BCUT2D eigenvalue weighted by atomic mass is 79.9. The fraction of sp³-hybridized carbons (Fsp3) is 0.500. The Hall–Kier alpha value is -0.570. The number of fused-ring (bicyclic) bond motifs is 1. The summed E-state index contributed by atoms with van der Waals surface area (Å²) in [5.41, 5.74) is 2.18. The molecule has 1 aliphatic rings. The molecule has 70 valence electrons. The van der Waals surface area contributed by atoms with Gasteiger partial charge in [-0.25, -0.2) is 0 Å². The van der Waals surface area contributed by atoms with Crippen LogP contribution in [-0.2, 0) is 13.0 Å². The molecule has 0 amide bonds. The zero-order valence-electron chi connectivity index (χ0n) is 7.64. The predicted octanol–water partition coefficient (Wildman–Crippen LogP) is 2.26. The van der Waals surface area contributed by atoms with Crippen LogP contribution in [0.2, 0.25) is 0 Å². The molecule has 0 aliphatic carbocycles. The normalized spacial score (nSPS) is 15.5. The highest BCUT2D eigenvalue weighted by Gasteiger charge is 2.14. The van der Waals surface area contributed by atoms with E-state index in [9.17, 15) is 4.79 Å². The van der Waals surface area contributed by atoms with Crippen molar-refractivity contribution in [3.05, 3.63) is 32.2 Å². The van der Waals surface area contributed by atoms with E-state index in [2.05, 4.69) is 15.9 Å². The van der Waals surface area contributed by atoms with Crippen LogP contribution in [0, 0.1) is 6.92 Å². The van der Waals surface area contributed by atoms with Crippen LogP contribution in [0.25, 0.3) is 0 Å². The second-order valence-corrected chi connectivity index (χ2v) is 4.39. The van der Waals surface area contributed by atoms with E-state index in [1.54, 1.807) is 0 Å². The Bertz CT molecular complexity index is 395. The summed E-state index contributed by atoms with van der Waals surface area (Å²) in [6.07, 6.45) is 3.35. The molecule has 2 rings (SSSR count). The number of hydrogen-bond acceptors (Lipinski definition) is 1. The summed E-state index contributed by atoms with van der Waals surface area (Å²) in [6, 6.07) is 1.93. The minimum atomic E-state index is 0.179. The first-order chi connectivity index (χ1) is 6.20. The van der Waals surface area contributed by atoms with Crippen LogP contribution in [0.15, 0.2) is 15.3 Å². The number of halogens is 1. The summed E-state index contributed by atoms with van der Waals surface area (Å²) >= 11 is 3.51. The average Bonchev–Trinajstić information content (AvgIpc) is 2.15. The Morgan fingerprint density at radius 2 is 2.23 bits per heavy atom. The maximum Gasteiger partial charge on any atom is 0.253 e. The molecule has 2 nitrogen and oxygen atoms in total. The van der Waals surface area contributed by atoms with Crippen molar-refractivity contribution in [1.29, 1.82) is 0 Å². The molecule has 0 radical (unpaired) electrons. The molecule has 0 atom stereocenters. The van der Waals surface area contributed by atoms with Crippen molar-refractivity contribution in [3.8, 4) is 0 Å². The molecule has 0 fully saturated rings. The lowest BCUT2D eigenvalue weighted by atomic mass is 10.1. The van der Waals surface area contributed by atoms with Crippen molar-refractivity contribution < 1.29 is 0 Å². The van der Waals surface area contributed by atoms with Gasteiger partial charge in [-0.15, -0.1) is 0 Å². The Kier molecular flexibility index (Phi) is 2.28. The number of pyridine rings is 1. The van der Waals surface area contributed by atoms with E-state index in [4.69, 9.17) is 0 Å². The fourth-order valence-corrected chi connectivity index (χ4v) is 2.61. The van der Waals surface area contributed by atoms with Gasteiger partial charge in [0.15, 0.2) is 0 Å². The van der Waals surface area contributed by atoms with Crippen LogP contribution in [0.3, 0.4) is 0 Å². The number of aromatic nitrogens is 1. The van der Waals surface area contributed by atoms with Crippen molar-refractivity contribution in [1.82, 2.24) is 4.57 Å². The average molecular weight is 242 g/mol. The first-order valence-corrected chi connectivity index (χ1v) is 5.38. The molecule has 13 heavy (non-hydrogen) atoms. The Morgan fingerprint density at radius 3 is 3.00 bits per heavy atom. The molecule has 2 heterocycles. The SMILES string of the molecule is Cc1cc(Br)c2n(c1=O)CCCC2. The third-order valence-corrected chi connectivity index (χ3v) is 3.26. The summed E-state index contributed by atoms with van der Waals surface area (Å²) in [5.74, 6) is 0. The Labute approximate surface area is 85.7 Å². The van der Waals surface area contributed by atoms with Crippen LogP contribution < -0.4 is 5.56 Å². The van der Waals surface area contributed by atoms with Crippen LogP contribution in [0.5, 0.6) is 0 Å². The van der Waals surface area contributed by atoms with Gasteiger partial charge in [0.05, 0.1) is 0 Å². The lowest BCUT2D eigenvalue weighted by Gasteiger charge is -2.19. The third-order valence-electron chi connectivity index (χ3n) is 2.57. The summed E-state index contributed by atoms with van der Waals surface area (Å²) < 4.78 is 2.99. The van der Waals surface area contributed by atoms with Crippen LogP contribution in [0.4, 0.5) is 0 Å². The van der Waals surface area contributed by atoms with Crippen molar-refractivity contribution in [3.63, 3.8) is 0 Å². The van der Waals surface area contributed by atoms with E-state index in [1.165, 1.54) is 12.1 Å². The van der Waals surface area contributed by atoms with Gasteiger partial charge in [0.25, 0.3) is 5.56 Å². The van der Waals surface area contributed by atoms with Gasteiger partial charge in [-0.1, -0.05) is 0 Å². The zero-order valence-corrected chi connectivity index (χ0v) is 9.23. The second kappa shape index (κ2) is 3.29. The van der Waals surface area contributed by atoms with Gasteiger partial charge in [-0.05, 0) is 48.2 Å². The summed E-state index contributed by atoms with van der Waals surface area (Å²) in [4.78, 5) is 11.7. The van der Waals surface area contributed by atoms with Crippen LogP contribution >= 0.6 is 15.9 Å². The van der Waals surface area contributed by atoms with E-state index in [0.29, 0.717) is 0 Å². The highest BCUT2D eigenvalue weighted by Crippen LogP contribution is 2.21. The van der Waals surface area contributed by atoms with Gasteiger partial charge < -0.3 is 4.57 Å². The summed E-state index contributed by atoms with van der Waals surface area (Å²) in [7, 11) is 0. The van der Waals surface area contributed by atoms with Gasteiger partial charge in [0.2, 0.25) is 0 Å². The second-order valence-electron chi connectivity index (χ2n) is 3.54. The maximum atomic E-state index is 11.7. The molecule has 0 N–H and O–H groups in total. The molecule has 1 aromatic rings. The first-order valence-electron chi connectivity index (χ1n) is 4.59. The van der Waals surface area contributed by atoms with Gasteiger partial charge in [0, 0.05) is 22.3 Å². The minimum absolute atomic E-state index is 0.179. The molecule has 1 aliphatic heterocycles. The molecule has 0 bridgehead atoms. The lowest BCUT2D eigenvalue weighted by molar-refractivity contribution is 0.509.